The minimum absolute atomic E-state index is 0.0286. The summed E-state index contributed by atoms with van der Waals surface area (Å²) in [4.78, 5) is 12.0. The van der Waals surface area contributed by atoms with Crippen molar-refractivity contribution in [1.82, 2.24) is 5.32 Å². The maximum atomic E-state index is 12.0. The second-order valence-corrected chi connectivity index (χ2v) is 5.05. The Labute approximate surface area is 103 Å². The van der Waals surface area contributed by atoms with Crippen molar-refractivity contribution in [3.63, 3.8) is 0 Å². The normalized spacial score (nSPS) is 15.3. The molecule has 0 saturated heterocycles. The van der Waals surface area contributed by atoms with Crippen LogP contribution >= 0.6 is 0 Å². The van der Waals surface area contributed by atoms with Crippen molar-refractivity contribution in [2.45, 2.75) is 33.2 Å². The highest BCUT2D eigenvalue weighted by atomic mass is 16.1. The van der Waals surface area contributed by atoms with E-state index < -0.39 is 0 Å². The summed E-state index contributed by atoms with van der Waals surface area (Å²) in [5, 5.41) is 6.32. The van der Waals surface area contributed by atoms with Gasteiger partial charge in [-0.2, -0.15) is 0 Å². The Hall–Kier alpha value is -1.51. The Morgan fingerprint density at radius 3 is 2.82 bits per heavy atom. The van der Waals surface area contributed by atoms with E-state index in [9.17, 15) is 4.79 Å². The fourth-order valence-electron chi connectivity index (χ4n) is 1.90. The third-order valence-electron chi connectivity index (χ3n) is 3.44. The zero-order valence-corrected chi connectivity index (χ0v) is 10.7. The average molecular weight is 232 g/mol. The van der Waals surface area contributed by atoms with Crippen LogP contribution in [-0.4, -0.2) is 18.5 Å². The number of fused-ring (bicyclic) bond motifs is 1. The molecule has 0 unspecified atom stereocenters. The summed E-state index contributed by atoms with van der Waals surface area (Å²) >= 11 is 0. The number of carbonyl (C=O) groups excluding carboxylic acids is 1. The number of rotatable bonds is 3. The third kappa shape index (κ3) is 2.60. The van der Waals surface area contributed by atoms with Crippen molar-refractivity contribution in [3.05, 3.63) is 29.3 Å². The Morgan fingerprint density at radius 2 is 2.12 bits per heavy atom. The number of hydrogen-bond donors (Lipinski definition) is 2. The first-order valence-electron chi connectivity index (χ1n) is 6.25. The van der Waals surface area contributed by atoms with E-state index in [-0.39, 0.29) is 11.9 Å². The van der Waals surface area contributed by atoms with Gasteiger partial charge in [0.15, 0.2) is 0 Å². The summed E-state index contributed by atoms with van der Waals surface area (Å²) in [6.07, 6.45) is 1.01. The second kappa shape index (κ2) is 4.78. The van der Waals surface area contributed by atoms with Gasteiger partial charge < -0.3 is 10.6 Å². The molecule has 0 aliphatic carbocycles. The van der Waals surface area contributed by atoms with Crippen LogP contribution < -0.4 is 10.6 Å². The molecule has 2 rings (SSSR count). The first-order chi connectivity index (χ1) is 8.08. The van der Waals surface area contributed by atoms with Gasteiger partial charge in [-0.05, 0) is 43.0 Å². The summed E-state index contributed by atoms with van der Waals surface area (Å²) in [5.74, 6) is 0.482. The van der Waals surface area contributed by atoms with Crippen LogP contribution in [0.3, 0.4) is 0 Å². The van der Waals surface area contributed by atoms with Crippen molar-refractivity contribution in [2.75, 3.05) is 11.9 Å². The molecular formula is C14H20N2O. The minimum atomic E-state index is 0.0286. The predicted molar refractivity (Wildman–Crippen MR) is 70.4 cm³/mol. The molecule has 3 heteroatoms. The van der Waals surface area contributed by atoms with Crippen LogP contribution in [0.2, 0.25) is 0 Å². The maximum Gasteiger partial charge on any atom is 0.251 e. The van der Waals surface area contributed by atoms with Gasteiger partial charge in [0.2, 0.25) is 0 Å². The molecule has 0 saturated carbocycles. The molecule has 0 fully saturated rings. The smallest absolute Gasteiger partial charge is 0.251 e. The van der Waals surface area contributed by atoms with Gasteiger partial charge in [0, 0.05) is 23.8 Å². The number of nitrogens with one attached hydrogen (secondary N) is 2. The number of amides is 1. The molecule has 1 aromatic carbocycles. The first-order valence-corrected chi connectivity index (χ1v) is 6.25. The van der Waals surface area contributed by atoms with Crippen molar-refractivity contribution in [3.8, 4) is 0 Å². The molecule has 0 bridgehead atoms. The Bertz CT molecular complexity index is 426. The second-order valence-electron chi connectivity index (χ2n) is 5.05. The molecule has 1 amide bonds. The van der Waals surface area contributed by atoms with Crippen molar-refractivity contribution in [2.24, 2.45) is 5.92 Å². The lowest BCUT2D eigenvalue weighted by atomic mass is 10.0. The topological polar surface area (TPSA) is 41.1 Å². The van der Waals surface area contributed by atoms with E-state index in [0.29, 0.717) is 5.92 Å². The molecule has 0 aromatic heterocycles. The molecule has 1 heterocycles. The maximum absolute atomic E-state index is 12.0. The molecule has 0 spiro atoms. The van der Waals surface area contributed by atoms with Crippen LogP contribution in [0.25, 0.3) is 0 Å². The molecule has 3 nitrogen and oxygen atoms in total. The molecule has 1 aromatic rings. The zero-order valence-electron chi connectivity index (χ0n) is 10.7. The van der Waals surface area contributed by atoms with Crippen molar-refractivity contribution in [1.29, 1.82) is 0 Å². The van der Waals surface area contributed by atoms with Gasteiger partial charge in [-0.3, -0.25) is 4.79 Å². The fraction of sp³-hybridized carbons (Fsp3) is 0.500. The van der Waals surface area contributed by atoms with Crippen LogP contribution in [0.4, 0.5) is 5.69 Å². The number of benzene rings is 1. The van der Waals surface area contributed by atoms with E-state index in [0.717, 1.165) is 18.5 Å². The highest BCUT2D eigenvalue weighted by Gasteiger charge is 2.15. The zero-order chi connectivity index (χ0) is 12.4. The highest BCUT2D eigenvalue weighted by Crippen LogP contribution is 2.23. The number of carbonyl (C=O) groups is 1. The Balaban J connectivity index is 2.10. The predicted octanol–water partition coefficient (Wildman–Crippen LogP) is 2.43. The summed E-state index contributed by atoms with van der Waals surface area (Å²) in [7, 11) is 0. The van der Waals surface area contributed by atoms with Crippen LogP contribution in [0, 0.1) is 5.92 Å². The highest BCUT2D eigenvalue weighted by molar-refractivity contribution is 5.95. The first kappa shape index (κ1) is 12.0. The lowest BCUT2D eigenvalue weighted by molar-refractivity contribution is 0.0930. The van der Waals surface area contributed by atoms with E-state index in [1.807, 2.05) is 25.1 Å². The summed E-state index contributed by atoms with van der Waals surface area (Å²) < 4.78 is 0. The Morgan fingerprint density at radius 1 is 1.35 bits per heavy atom. The average Bonchev–Trinajstić information content (AvgIpc) is 2.75. The fourth-order valence-corrected chi connectivity index (χ4v) is 1.90. The molecule has 92 valence electrons. The monoisotopic (exact) mass is 232 g/mol. The standard InChI is InChI=1S/C14H20N2O/c1-9(2)10(3)16-14(17)12-4-5-13-11(8-12)6-7-15-13/h4-5,8-10,15H,6-7H2,1-3H3,(H,16,17)/t10-/m0/s1. The lowest BCUT2D eigenvalue weighted by Crippen LogP contribution is -2.36. The largest absolute Gasteiger partial charge is 0.384 e. The number of hydrogen-bond acceptors (Lipinski definition) is 2. The molecule has 0 radical (unpaired) electrons. The van der Waals surface area contributed by atoms with Crippen LogP contribution in [-0.2, 0) is 6.42 Å². The summed E-state index contributed by atoms with van der Waals surface area (Å²) in [6.45, 7) is 7.23. The van der Waals surface area contributed by atoms with Crippen molar-refractivity contribution >= 4 is 11.6 Å². The molecule has 1 aliphatic heterocycles. The Kier molecular flexibility index (Phi) is 3.36. The third-order valence-corrected chi connectivity index (χ3v) is 3.44. The van der Waals surface area contributed by atoms with Crippen molar-refractivity contribution < 1.29 is 4.79 Å². The van der Waals surface area contributed by atoms with Gasteiger partial charge in [0.25, 0.3) is 5.91 Å². The molecule has 1 atom stereocenters. The van der Waals surface area contributed by atoms with E-state index in [1.165, 1.54) is 11.3 Å². The van der Waals surface area contributed by atoms with Gasteiger partial charge in [0.1, 0.15) is 0 Å². The lowest BCUT2D eigenvalue weighted by Gasteiger charge is -2.17. The molecule has 2 N–H and O–H groups in total. The molecule has 1 aliphatic rings. The van der Waals surface area contributed by atoms with E-state index in [1.54, 1.807) is 0 Å². The van der Waals surface area contributed by atoms with Gasteiger partial charge in [0.05, 0.1) is 0 Å². The van der Waals surface area contributed by atoms with E-state index >= 15 is 0 Å². The van der Waals surface area contributed by atoms with Gasteiger partial charge in [-0.25, -0.2) is 0 Å². The number of anilines is 1. The minimum Gasteiger partial charge on any atom is -0.384 e. The van der Waals surface area contributed by atoms with E-state index in [4.69, 9.17) is 0 Å². The van der Waals surface area contributed by atoms with Gasteiger partial charge in [-0.15, -0.1) is 0 Å². The molecular weight excluding hydrogens is 212 g/mol. The van der Waals surface area contributed by atoms with Gasteiger partial charge >= 0.3 is 0 Å². The molecule has 17 heavy (non-hydrogen) atoms. The quantitative estimate of drug-likeness (QED) is 0.840. The van der Waals surface area contributed by atoms with Crippen LogP contribution in [0.1, 0.15) is 36.7 Å². The summed E-state index contributed by atoms with van der Waals surface area (Å²) in [5.41, 5.74) is 3.17. The van der Waals surface area contributed by atoms with Gasteiger partial charge in [-0.1, -0.05) is 13.8 Å². The van der Waals surface area contributed by atoms with E-state index in [2.05, 4.69) is 24.5 Å². The summed E-state index contributed by atoms with van der Waals surface area (Å²) in [6, 6.07) is 6.09. The van der Waals surface area contributed by atoms with Crippen LogP contribution in [0.15, 0.2) is 18.2 Å². The SMILES string of the molecule is CC(C)[C@H](C)NC(=O)c1ccc2c(c1)CCN2. The van der Waals surface area contributed by atoms with Crippen LogP contribution in [0.5, 0.6) is 0 Å².